The van der Waals surface area contributed by atoms with Crippen LogP contribution < -0.4 is 14.8 Å². The molecule has 29 heavy (non-hydrogen) atoms. The van der Waals surface area contributed by atoms with E-state index in [1.54, 1.807) is 14.2 Å². The van der Waals surface area contributed by atoms with Gasteiger partial charge < -0.3 is 19.7 Å². The third-order valence-electron chi connectivity index (χ3n) is 5.89. The Morgan fingerprint density at radius 1 is 1.10 bits per heavy atom. The standard InChI is InChI=1S/C23H26N2O4/c1-28-20-12-15-9-10-25(14-18(15)13-21(20)29-2)22(26)8-7-17-11-16-5-3-4-6-19(16)24-23(17)27/h3-6,12-13,17H,7-11,14H2,1-2H3,(H,24,27). The van der Waals surface area contributed by atoms with Gasteiger partial charge in [0.05, 0.1) is 14.2 Å². The van der Waals surface area contributed by atoms with E-state index in [4.69, 9.17) is 9.47 Å². The summed E-state index contributed by atoms with van der Waals surface area (Å²) in [6, 6.07) is 11.8. The van der Waals surface area contributed by atoms with Gasteiger partial charge in [-0.3, -0.25) is 9.59 Å². The molecule has 0 saturated heterocycles. The number of anilines is 1. The summed E-state index contributed by atoms with van der Waals surface area (Å²) in [5.41, 5.74) is 4.30. The van der Waals surface area contributed by atoms with Gasteiger partial charge in [-0.15, -0.1) is 0 Å². The van der Waals surface area contributed by atoms with Gasteiger partial charge in [-0.05, 0) is 54.2 Å². The molecular formula is C23H26N2O4. The molecule has 0 bridgehead atoms. The first-order chi connectivity index (χ1) is 14.1. The van der Waals surface area contributed by atoms with Crippen LogP contribution in [0.25, 0.3) is 0 Å². The summed E-state index contributed by atoms with van der Waals surface area (Å²) in [5, 5.41) is 2.96. The molecule has 2 aliphatic rings. The highest BCUT2D eigenvalue weighted by Crippen LogP contribution is 2.34. The van der Waals surface area contributed by atoms with E-state index in [1.807, 2.05) is 41.3 Å². The number of nitrogens with one attached hydrogen (secondary N) is 1. The van der Waals surface area contributed by atoms with Crippen molar-refractivity contribution in [2.24, 2.45) is 5.92 Å². The lowest BCUT2D eigenvalue weighted by molar-refractivity contribution is -0.132. The fourth-order valence-electron chi connectivity index (χ4n) is 4.20. The largest absolute Gasteiger partial charge is 0.493 e. The third kappa shape index (κ3) is 3.92. The summed E-state index contributed by atoms with van der Waals surface area (Å²) < 4.78 is 10.8. The van der Waals surface area contributed by atoms with Gasteiger partial charge in [0.15, 0.2) is 11.5 Å². The molecule has 4 rings (SSSR count). The Kier molecular flexibility index (Phi) is 5.43. The van der Waals surface area contributed by atoms with E-state index in [0.717, 1.165) is 29.0 Å². The highest BCUT2D eigenvalue weighted by molar-refractivity contribution is 5.96. The van der Waals surface area contributed by atoms with Crippen LogP contribution in [0.15, 0.2) is 36.4 Å². The monoisotopic (exact) mass is 394 g/mol. The van der Waals surface area contributed by atoms with Crippen molar-refractivity contribution in [1.29, 1.82) is 0 Å². The molecule has 0 aliphatic carbocycles. The van der Waals surface area contributed by atoms with Gasteiger partial charge in [-0.2, -0.15) is 0 Å². The Bertz CT molecular complexity index is 940. The molecule has 2 aliphatic heterocycles. The van der Waals surface area contributed by atoms with E-state index in [2.05, 4.69) is 5.32 Å². The van der Waals surface area contributed by atoms with Crippen LogP contribution in [-0.2, 0) is 29.0 Å². The number of rotatable bonds is 5. The Labute approximate surface area is 170 Å². The lowest BCUT2D eigenvalue weighted by Gasteiger charge is -2.30. The second kappa shape index (κ2) is 8.15. The molecule has 2 aromatic carbocycles. The van der Waals surface area contributed by atoms with Crippen molar-refractivity contribution in [3.8, 4) is 11.5 Å². The Hall–Kier alpha value is -3.02. The van der Waals surface area contributed by atoms with Crippen LogP contribution in [0.4, 0.5) is 5.69 Å². The van der Waals surface area contributed by atoms with Crippen LogP contribution in [0, 0.1) is 5.92 Å². The molecule has 2 aromatic rings. The number of carbonyl (C=O) groups is 2. The Balaban J connectivity index is 1.38. The van der Waals surface area contributed by atoms with Gasteiger partial charge in [0.1, 0.15) is 0 Å². The second-order valence-electron chi connectivity index (χ2n) is 7.63. The quantitative estimate of drug-likeness (QED) is 0.846. The van der Waals surface area contributed by atoms with Crippen molar-refractivity contribution in [1.82, 2.24) is 4.90 Å². The van der Waals surface area contributed by atoms with Gasteiger partial charge in [0, 0.05) is 31.1 Å². The van der Waals surface area contributed by atoms with E-state index in [1.165, 1.54) is 5.56 Å². The molecule has 2 amide bonds. The molecule has 0 spiro atoms. The fraction of sp³-hybridized carbons (Fsp3) is 0.391. The van der Waals surface area contributed by atoms with Crippen molar-refractivity contribution in [2.45, 2.75) is 32.2 Å². The number of hydrogen-bond donors (Lipinski definition) is 1. The molecule has 1 N–H and O–H groups in total. The molecule has 0 fully saturated rings. The van der Waals surface area contributed by atoms with Crippen LogP contribution >= 0.6 is 0 Å². The first kappa shape index (κ1) is 19.3. The number of amides is 2. The van der Waals surface area contributed by atoms with Crippen molar-refractivity contribution in [2.75, 3.05) is 26.1 Å². The number of fused-ring (bicyclic) bond motifs is 2. The zero-order chi connectivity index (χ0) is 20.4. The third-order valence-corrected chi connectivity index (χ3v) is 5.89. The predicted molar refractivity (Wildman–Crippen MR) is 110 cm³/mol. The summed E-state index contributed by atoms with van der Waals surface area (Å²) in [6.45, 7) is 1.25. The molecule has 6 nitrogen and oxygen atoms in total. The first-order valence-electron chi connectivity index (χ1n) is 9.99. The van der Waals surface area contributed by atoms with Gasteiger partial charge in [-0.25, -0.2) is 0 Å². The van der Waals surface area contributed by atoms with E-state index in [-0.39, 0.29) is 17.7 Å². The minimum Gasteiger partial charge on any atom is -0.493 e. The van der Waals surface area contributed by atoms with Gasteiger partial charge in [0.25, 0.3) is 0 Å². The van der Waals surface area contributed by atoms with Crippen LogP contribution in [-0.4, -0.2) is 37.5 Å². The second-order valence-corrected chi connectivity index (χ2v) is 7.63. The number of carbonyl (C=O) groups excluding carboxylic acids is 2. The first-order valence-corrected chi connectivity index (χ1v) is 9.99. The normalized spacial score (nSPS) is 17.8. The molecule has 0 radical (unpaired) electrons. The average molecular weight is 394 g/mol. The summed E-state index contributed by atoms with van der Waals surface area (Å²) >= 11 is 0. The molecule has 0 aromatic heterocycles. The minimum absolute atomic E-state index is 0.0114. The molecular weight excluding hydrogens is 368 g/mol. The lowest BCUT2D eigenvalue weighted by atomic mass is 9.89. The van der Waals surface area contributed by atoms with Gasteiger partial charge in [-0.1, -0.05) is 18.2 Å². The predicted octanol–water partition coefficient (Wildman–Crippen LogP) is 3.18. The zero-order valence-electron chi connectivity index (χ0n) is 16.9. The molecule has 1 atom stereocenters. The maximum Gasteiger partial charge on any atom is 0.227 e. The lowest BCUT2D eigenvalue weighted by Crippen LogP contribution is -2.37. The van der Waals surface area contributed by atoms with Crippen molar-refractivity contribution < 1.29 is 19.1 Å². The molecule has 0 saturated carbocycles. The summed E-state index contributed by atoms with van der Waals surface area (Å²) in [5.74, 6) is 1.34. The summed E-state index contributed by atoms with van der Waals surface area (Å²) in [6.07, 6.45) is 2.42. The van der Waals surface area contributed by atoms with Crippen LogP contribution in [0.5, 0.6) is 11.5 Å². The fourth-order valence-corrected chi connectivity index (χ4v) is 4.20. The van der Waals surface area contributed by atoms with Gasteiger partial charge in [0.2, 0.25) is 11.8 Å². The van der Waals surface area contributed by atoms with Crippen molar-refractivity contribution in [3.05, 3.63) is 53.1 Å². The minimum atomic E-state index is -0.157. The number of benzene rings is 2. The van der Waals surface area contributed by atoms with Crippen LogP contribution in [0.3, 0.4) is 0 Å². The van der Waals surface area contributed by atoms with Crippen molar-refractivity contribution in [3.63, 3.8) is 0 Å². The molecule has 6 heteroatoms. The smallest absolute Gasteiger partial charge is 0.227 e. The highest BCUT2D eigenvalue weighted by atomic mass is 16.5. The Morgan fingerprint density at radius 2 is 1.83 bits per heavy atom. The summed E-state index contributed by atoms with van der Waals surface area (Å²) in [7, 11) is 3.24. The molecule has 152 valence electrons. The van der Waals surface area contributed by atoms with Crippen molar-refractivity contribution >= 4 is 17.5 Å². The maximum absolute atomic E-state index is 12.8. The zero-order valence-corrected chi connectivity index (χ0v) is 16.9. The van der Waals surface area contributed by atoms with Gasteiger partial charge >= 0.3 is 0 Å². The molecule has 2 heterocycles. The number of nitrogens with zero attached hydrogens (tertiary/aromatic N) is 1. The van der Waals surface area contributed by atoms with E-state index in [0.29, 0.717) is 38.1 Å². The maximum atomic E-state index is 12.8. The summed E-state index contributed by atoms with van der Waals surface area (Å²) in [4.78, 5) is 27.1. The number of hydrogen-bond acceptors (Lipinski definition) is 4. The average Bonchev–Trinajstić information content (AvgIpc) is 2.75. The van der Waals surface area contributed by atoms with Crippen LogP contribution in [0.1, 0.15) is 29.5 Å². The van der Waals surface area contributed by atoms with E-state index in [9.17, 15) is 9.59 Å². The molecule has 1 unspecified atom stereocenters. The number of ether oxygens (including phenoxy) is 2. The Morgan fingerprint density at radius 3 is 2.59 bits per heavy atom. The SMILES string of the molecule is COc1cc2c(cc1OC)CN(C(=O)CCC1Cc3ccccc3NC1=O)CC2. The highest BCUT2D eigenvalue weighted by Gasteiger charge is 2.28. The van der Waals surface area contributed by atoms with E-state index >= 15 is 0 Å². The van der Waals surface area contributed by atoms with E-state index < -0.39 is 0 Å². The topological polar surface area (TPSA) is 67.9 Å². The number of para-hydroxylation sites is 1. The van der Waals surface area contributed by atoms with Crippen LogP contribution in [0.2, 0.25) is 0 Å². The number of methoxy groups -OCH3 is 2.